The van der Waals surface area contributed by atoms with Crippen LogP contribution in [0.4, 0.5) is 4.79 Å². The van der Waals surface area contributed by atoms with Gasteiger partial charge in [0.25, 0.3) is 5.91 Å². The van der Waals surface area contributed by atoms with Gasteiger partial charge in [-0.1, -0.05) is 0 Å². The van der Waals surface area contributed by atoms with Crippen LogP contribution in [0.2, 0.25) is 0 Å². The molecule has 0 aromatic heterocycles. The Morgan fingerprint density at radius 2 is 1.62 bits per heavy atom. The zero-order valence-corrected chi connectivity index (χ0v) is 14.2. The molecule has 0 aliphatic carbocycles. The Kier molecular flexibility index (Phi) is 4.78. The van der Waals surface area contributed by atoms with E-state index in [9.17, 15) is 9.59 Å². The molecule has 1 saturated heterocycles. The van der Waals surface area contributed by atoms with Gasteiger partial charge < -0.3 is 24.2 Å². The van der Waals surface area contributed by atoms with Crippen LogP contribution in [-0.2, 0) is 0 Å². The largest absolute Gasteiger partial charge is 0.454 e. The molecule has 7 nitrogen and oxygen atoms in total. The minimum atomic E-state index is -0.0387. The minimum Gasteiger partial charge on any atom is -0.454 e. The molecule has 0 N–H and O–H groups in total. The predicted octanol–water partition coefficient (Wildman–Crippen LogP) is 1.63. The fourth-order valence-electron chi connectivity index (χ4n) is 3.01. The highest BCUT2D eigenvalue weighted by Gasteiger charge is 2.27. The van der Waals surface area contributed by atoms with E-state index in [2.05, 4.69) is 0 Å². The van der Waals surface area contributed by atoms with Crippen LogP contribution >= 0.6 is 0 Å². The van der Waals surface area contributed by atoms with Gasteiger partial charge in [0.1, 0.15) is 0 Å². The highest BCUT2D eigenvalue weighted by atomic mass is 16.7. The van der Waals surface area contributed by atoms with Gasteiger partial charge in [0, 0.05) is 44.8 Å². The van der Waals surface area contributed by atoms with Gasteiger partial charge in [0.05, 0.1) is 0 Å². The summed E-state index contributed by atoms with van der Waals surface area (Å²) < 4.78 is 10.6. The van der Waals surface area contributed by atoms with Gasteiger partial charge >= 0.3 is 6.03 Å². The van der Waals surface area contributed by atoms with Crippen molar-refractivity contribution in [3.05, 3.63) is 23.8 Å². The average molecular weight is 333 g/mol. The van der Waals surface area contributed by atoms with Crippen molar-refractivity contribution in [3.63, 3.8) is 0 Å². The molecule has 0 saturated carbocycles. The molecule has 0 radical (unpaired) electrons. The number of hydrogen-bond donors (Lipinski definition) is 0. The Morgan fingerprint density at radius 3 is 2.29 bits per heavy atom. The Morgan fingerprint density at radius 1 is 1.00 bits per heavy atom. The molecule has 0 spiro atoms. The highest BCUT2D eigenvalue weighted by molar-refractivity contribution is 5.95. The predicted molar refractivity (Wildman–Crippen MR) is 88.4 cm³/mol. The fraction of sp³-hybridized carbons (Fsp3) is 0.529. The van der Waals surface area contributed by atoms with Crippen LogP contribution in [0, 0.1) is 0 Å². The van der Waals surface area contributed by atoms with Crippen molar-refractivity contribution in [3.8, 4) is 11.5 Å². The Bertz CT molecular complexity index is 622. The second-order valence-corrected chi connectivity index (χ2v) is 5.80. The zero-order valence-electron chi connectivity index (χ0n) is 14.2. The van der Waals surface area contributed by atoms with Crippen LogP contribution in [0.5, 0.6) is 11.5 Å². The first-order valence-electron chi connectivity index (χ1n) is 8.36. The molecule has 0 atom stereocenters. The van der Waals surface area contributed by atoms with Crippen LogP contribution in [0.3, 0.4) is 0 Å². The molecule has 0 unspecified atom stereocenters. The van der Waals surface area contributed by atoms with Crippen molar-refractivity contribution in [1.29, 1.82) is 0 Å². The van der Waals surface area contributed by atoms with Crippen molar-refractivity contribution in [2.24, 2.45) is 0 Å². The van der Waals surface area contributed by atoms with Gasteiger partial charge in [-0.15, -0.1) is 0 Å². The Labute approximate surface area is 141 Å². The summed E-state index contributed by atoms with van der Waals surface area (Å²) in [4.78, 5) is 30.4. The van der Waals surface area contributed by atoms with E-state index in [1.165, 1.54) is 0 Å². The molecule has 0 bridgehead atoms. The monoisotopic (exact) mass is 333 g/mol. The first kappa shape index (κ1) is 16.4. The van der Waals surface area contributed by atoms with Crippen LogP contribution in [0.25, 0.3) is 0 Å². The van der Waals surface area contributed by atoms with E-state index in [-0.39, 0.29) is 18.7 Å². The number of hydrogen-bond acceptors (Lipinski definition) is 4. The van der Waals surface area contributed by atoms with Gasteiger partial charge in [0.15, 0.2) is 11.5 Å². The molecular formula is C17H23N3O4. The summed E-state index contributed by atoms with van der Waals surface area (Å²) in [6.07, 6.45) is 0. The van der Waals surface area contributed by atoms with Gasteiger partial charge in [-0.3, -0.25) is 4.79 Å². The summed E-state index contributed by atoms with van der Waals surface area (Å²) in [7, 11) is 0. The van der Waals surface area contributed by atoms with E-state index < -0.39 is 0 Å². The molecule has 7 heteroatoms. The van der Waals surface area contributed by atoms with Crippen molar-refractivity contribution < 1.29 is 19.1 Å². The molecule has 3 amide bonds. The van der Waals surface area contributed by atoms with Crippen molar-refractivity contribution in [2.75, 3.05) is 46.1 Å². The molecule has 1 aromatic rings. The first-order chi connectivity index (χ1) is 11.6. The summed E-state index contributed by atoms with van der Waals surface area (Å²) in [6, 6.07) is 5.28. The number of carbonyl (C=O) groups excluding carboxylic acids is 2. The molecule has 2 aliphatic heterocycles. The lowest BCUT2D eigenvalue weighted by molar-refractivity contribution is 0.0641. The van der Waals surface area contributed by atoms with E-state index >= 15 is 0 Å². The lowest BCUT2D eigenvalue weighted by atomic mass is 10.1. The third-order valence-corrected chi connectivity index (χ3v) is 4.49. The number of rotatable bonds is 3. The lowest BCUT2D eigenvalue weighted by Gasteiger charge is -2.37. The SMILES string of the molecule is CCN(CC)C(=O)N1CCN(C(=O)c2ccc3c(c2)OCO3)CC1. The van der Waals surface area contributed by atoms with Crippen molar-refractivity contribution >= 4 is 11.9 Å². The van der Waals surface area contributed by atoms with Gasteiger partial charge in [-0.25, -0.2) is 4.79 Å². The minimum absolute atomic E-state index is 0.0387. The van der Waals surface area contributed by atoms with Crippen molar-refractivity contribution in [1.82, 2.24) is 14.7 Å². The lowest BCUT2D eigenvalue weighted by Crippen LogP contribution is -2.54. The number of ether oxygens (including phenoxy) is 2. The molecule has 1 aromatic carbocycles. The normalized spacial score (nSPS) is 16.2. The van der Waals surface area contributed by atoms with E-state index in [1.807, 2.05) is 18.7 Å². The second kappa shape index (κ2) is 6.98. The summed E-state index contributed by atoms with van der Waals surface area (Å²) in [5.74, 6) is 1.24. The summed E-state index contributed by atoms with van der Waals surface area (Å²) in [5.41, 5.74) is 0.586. The number of urea groups is 1. The molecule has 1 fully saturated rings. The number of benzene rings is 1. The molecule has 2 aliphatic rings. The molecule has 2 heterocycles. The third-order valence-electron chi connectivity index (χ3n) is 4.49. The quantitative estimate of drug-likeness (QED) is 0.843. The van der Waals surface area contributed by atoms with Gasteiger partial charge in [0.2, 0.25) is 6.79 Å². The summed E-state index contributed by atoms with van der Waals surface area (Å²) in [6.45, 7) is 7.75. The molecule has 24 heavy (non-hydrogen) atoms. The van der Waals surface area contributed by atoms with Crippen LogP contribution in [-0.4, -0.2) is 72.7 Å². The van der Waals surface area contributed by atoms with Gasteiger partial charge in [-0.05, 0) is 32.0 Å². The Hall–Kier alpha value is -2.44. The molecule has 3 rings (SSSR count). The summed E-state index contributed by atoms with van der Waals surface area (Å²) in [5, 5.41) is 0. The van der Waals surface area contributed by atoms with E-state index in [1.54, 1.807) is 28.0 Å². The van der Waals surface area contributed by atoms with Crippen LogP contribution < -0.4 is 9.47 Å². The highest BCUT2D eigenvalue weighted by Crippen LogP contribution is 2.32. The third kappa shape index (κ3) is 3.11. The van der Waals surface area contributed by atoms with Gasteiger partial charge in [-0.2, -0.15) is 0 Å². The molecular weight excluding hydrogens is 310 g/mol. The number of nitrogens with zero attached hydrogens (tertiary/aromatic N) is 3. The number of piperazine rings is 1. The fourth-order valence-corrected chi connectivity index (χ4v) is 3.01. The average Bonchev–Trinajstić information content (AvgIpc) is 3.10. The second-order valence-electron chi connectivity index (χ2n) is 5.80. The number of amides is 3. The smallest absolute Gasteiger partial charge is 0.320 e. The maximum Gasteiger partial charge on any atom is 0.320 e. The van der Waals surface area contributed by atoms with Crippen LogP contribution in [0.1, 0.15) is 24.2 Å². The van der Waals surface area contributed by atoms with E-state index in [0.717, 1.165) is 0 Å². The standard InChI is InChI=1S/C17H23N3O4/c1-3-18(4-2)17(22)20-9-7-19(8-10-20)16(21)13-5-6-14-15(11-13)24-12-23-14/h5-6,11H,3-4,7-10,12H2,1-2H3. The van der Waals surface area contributed by atoms with E-state index in [0.29, 0.717) is 56.3 Å². The maximum absolute atomic E-state index is 12.6. The Balaban J connectivity index is 1.60. The summed E-state index contributed by atoms with van der Waals surface area (Å²) >= 11 is 0. The maximum atomic E-state index is 12.6. The number of carbonyl (C=O) groups is 2. The topological polar surface area (TPSA) is 62.3 Å². The van der Waals surface area contributed by atoms with Crippen molar-refractivity contribution in [2.45, 2.75) is 13.8 Å². The zero-order chi connectivity index (χ0) is 17.1. The number of fused-ring (bicyclic) bond motifs is 1. The molecule has 130 valence electrons. The van der Waals surface area contributed by atoms with Crippen LogP contribution in [0.15, 0.2) is 18.2 Å². The van der Waals surface area contributed by atoms with E-state index in [4.69, 9.17) is 9.47 Å². The first-order valence-corrected chi connectivity index (χ1v) is 8.36.